The summed E-state index contributed by atoms with van der Waals surface area (Å²) >= 11 is 0. The molecule has 0 aromatic heterocycles. The van der Waals surface area contributed by atoms with Crippen LogP contribution in [0.3, 0.4) is 0 Å². The minimum Gasteiger partial charge on any atom is -0.497 e. The van der Waals surface area contributed by atoms with Gasteiger partial charge in [0.05, 0.1) is 12.7 Å². The number of carboxylic acid groups (broad SMARTS) is 1. The number of carboxylic acids is 1. The van der Waals surface area contributed by atoms with Crippen molar-refractivity contribution in [3.8, 4) is 5.75 Å². The molecule has 0 saturated heterocycles. The maximum atomic E-state index is 12.2. The highest BCUT2D eigenvalue weighted by molar-refractivity contribution is 5.87. The second-order valence-electron chi connectivity index (χ2n) is 5.67. The molecular weight excluding hydrogens is 306 g/mol. The van der Waals surface area contributed by atoms with Crippen molar-refractivity contribution >= 4 is 11.9 Å². The maximum Gasteiger partial charge on any atom is 0.335 e. The van der Waals surface area contributed by atoms with E-state index in [0.717, 1.165) is 16.9 Å². The lowest BCUT2D eigenvalue weighted by Gasteiger charge is -2.13. The summed E-state index contributed by atoms with van der Waals surface area (Å²) in [6.07, 6.45) is 0.647. The number of hydrogen-bond acceptors (Lipinski definition) is 3. The molecule has 5 heteroatoms. The zero-order chi connectivity index (χ0) is 17.5. The van der Waals surface area contributed by atoms with Crippen LogP contribution in [0.4, 0.5) is 0 Å². The van der Waals surface area contributed by atoms with Crippen LogP contribution in [0.15, 0.2) is 48.5 Å². The van der Waals surface area contributed by atoms with Gasteiger partial charge < -0.3 is 15.2 Å². The van der Waals surface area contributed by atoms with Gasteiger partial charge in [-0.15, -0.1) is 0 Å². The number of methoxy groups -OCH3 is 1. The van der Waals surface area contributed by atoms with E-state index >= 15 is 0 Å². The molecule has 0 aliphatic heterocycles. The zero-order valence-corrected chi connectivity index (χ0v) is 13.8. The Labute approximate surface area is 141 Å². The predicted molar refractivity (Wildman–Crippen MR) is 91.1 cm³/mol. The number of rotatable bonds is 7. The lowest BCUT2D eigenvalue weighted by Crippen LogP contribution is -2.29. The van der Waals surface area contributed by atoms with Crippen LogP contribution in [-0.2, 0) is 17.8 Å². The molecule has 5 nitrogen and oxygen atoms in total. The van der Waals surface area contributed by atoms with Crippen molar-refractivity contribution in [2.45, 2.75) is 19.9 Å². The maximum absolute atomic E-state index is 12.2. The average molecular weight is 327 g/mol. The SMILES string of the molecule is COc1ccc(CC(C)C(=O)NCc2ccc(C(=O)O)cc2)cc1. The molecule has 2 rings (SSSR count). The number of hydrogen-bond donors (Lipinski definition) is 2. The van der Waals surface area contributed by atoms with E-state index in [2.05, 4.69) is 5.32 Å². The molecule has 2 aromatic rings. The normalized spacial score (nSPS) is 11.6. The third kappa shape index (κ3) is 4.84. The highest BCUT2D eigenvalue weighted by Crippen LogP contribution is 2.15. The average Bonchev–Trinajstić information content (AvgIpc) is 2.60. The first-order valence-electron chi connectivity index (χ1n) is 7.72. The van der Waals surface area contributed by atoms with Crippen LogP contribution in [0.2, 0.25) is 0 Å². The molecule has 0 aliphatic rings. The Morgan fingerprint density at radius 1 is 1.04 bits per heavy atom. The van der Waals surface area contributed by atoms with E-state index in [9.17, 15) is 9.59 Å². The number of carbonyl (C=O) groups excluding carboxylic acids is 1. The summed E-state index contributed by atoms with van der Waals surface area (Å²) in [5.74, 6) is -0.357. The van der Waals surface area contributed by atoms with Gasteiger partial charge in [0.25, 0.3) is 0 Å². The molecule has 0 heterocycles. The molecular formula is C19H21NO4. The number of benzene rings is 2. The summed E-state index contributed by atoms with van der Waals surface area (Å²) in [6, 6.07) is 14.1. The van der Waals surface area contributed by atoms with Gasteiger partial charge >= 0.3 is 5.97 Å². The standard InChI is InChI=1S/C19H21NO4/c1-13(11-14-5-9-17(24-2)10-6-14)18(21)20-12-15-3-7-16(8-4-15)19(22)23/h3-10,13H,11-12H2,1-2H3,(H,20,21)(H,22,23). The number of carbonyl (C=O) groups is 2. The third-order valence-corrected chi connectivity index (χ3v) is 3.82. The van der Waals surface area contributed by atoms with E-state index in [1.54, 1.807) is 19.2 Å². The monoisotopic (exact) mass is 327 g/mol. The van der Waals surface area contributed by atoms with Crippen LogP contribution < -0.4 is 10.1 Å². The molecule has 1 unspecified atom stereocenters. The van der Waals surface area contributed by atoms with Gasteiger partial charge in [0.1, 0.15) is 5.75 Å². The molecule has 0 aliphatic carbocycles. The Hall–Kier alpha value is -2.82. The summed E-state index contributed by atoms with van der Waals surface area (Å²) < 4.78 is 5.12. The fourth-order valence-electron chi connectivity index (χ4n) is 2.34. The highest BCUT2D eigenvalue weighted by atomic mass is 16.5. The molecule has 0 radical (unpaired) electrons. The van der Waals surface area contributed by atoms with Gasteiger partial charge in [-0.25, -0.2) is 4.79 Å². The minimum absolute atomic E-state index is 0.0341. The van der Waals surface area contributed by atoms with Gasteiger partial charge in [0, 0.05) is 12.5 Å². The number of aromatic carboxylic acids is 1. The van der Waals surface area contributed by atoms with E-state index in [0.29, 0.717) is 13.0 Å². The van der Waals surface area contributed by atoms with E-state index in [4.69, 9.17) is 9.84 Å². The highest BCUT2D eigenvalue weighted by Gasteiger charge is 2.13. The predicted octanol–water partition coefficient (Wildman–Crippen LogP) is 2.89. The summed E-state index contributed by atoms with van der Waals surface area (Å²) in [5.41, 5.74) is 2.17. The molecule has 24 heavy (non-hydrogen) atoms. The largest absolute Gasteiger partial charge is 0.497 e. The number of ether oxygens (including phenoxy) is 1. The quantitative estimate of drug-likeness (QED) is 0.820. The lowest BCUT2D eigenvalue weighted by molar-refractivity contribution is -0.124. The van der Waals surface area contributed by atoms with Crippen LogP contribution in [0.25, 0.3) is 0 Å². The second kappa shape index (κ2) is 8.15. The lowest BCUT2D eigenvalue weighted by atomic mass is 10.00. The first kappa shape index (κ1) is 17.5. The Bertz CT molecular complexity index is 692. The van der Waals surface area contributed by atoms with Crippen molar-refractivity contribution in [1.29, 1.82) is 0 Å². The van der Waals surface area contributed by atoms with Gasteiger partial charge in [-0.1, -0.05) is 31.2 Å². The molecule has 1 atom stereocenters. The molecule has 2 aromatic carbocycles. The molecule has 2 N–H and O–H groups in total. The van der Waals surface area contributed by atoms with E-state index in [1.165, 1.54) is 12.1 Å². The van der Waals surface area contributed by atoms with Gasteiger partial charge in [-0.05, 0) is 41.8 Å². The van der Waals surface area contributed by atoms with E-state index in [1.807, 2.05) is 31.2 Å². The van der Waals surface area contributed by atoms with Crippen molar-refractivity contribution in [3.05, 3.63) is 65.2 Å². The Kier molecular flexibility index (Phi) is 5.95. The van der Waals surface area contributed by atoms with Gasteiger partial charge in [-0.3, -0.25) is 4.79 Å². The van der Waals surface area contributed by atoms with Gasteiger partial charge in [0.15, 0.2) is 0 Å². The van der Waals surface area contributed by atoms with Crippen LogP contribution in [0.5, 0.6) is 5.75 Å². The van der Waals surface area contributed by atoms with Crippen molar-refractivity contribution in [2.24, 2.45) is 5.92 Å². The molecule has 0 fully saturated rings. The van der Waals surface area contributed by atoms with Crippen LogP contribution >= 0.6 is 0 Å². The third-order valence-electron chi connectivity index (χ3n) is 3.82. The summed E-state index contributed by atoms with van der Waals surface area (Å²) in [7, 11) is 1.62. The van der Waals surface area contributed by atoms with Crippen molar-refractivity contribution < 1.29 is 19.4 Å². The second-order valence-corrected chi connectivity index (χ2v) is 5.67. The van der Waals surface area contributed by atoms with Crippen molar-refractivity contribution in [2.75, 3.05) is 7.11 Å². The van der Waals surface area contributed by atoms with Crippen LogP contribution in [-0.4, -0.2) is 24.1 Å². The van der Waals surface area contributed by atoms with Crippen molar-refractivity contribution in [3.63, 3.8) is 0 Å². The topological polar surface area (TPSA) is 75.6 Å². The molecule has 0 saturated carbocycles. The summed E-state index contributed by atoms with van der Waals surface area (Å²) in [6.45, 7) is 2.26. The van der Waals surface area contributed by atoms with Gasteiger partial charge in [0.2, 0.25) is 5.91 Å². The van der Waals surface area contributed by atoms with Crippen LogP contribution in [0.1, 0.15) is 28.4 Å². The number of nitrogens with one attached hydrogen (secondary N) is 1. The number of amides is 1. The van der Waals surface area contributed by atoms with Crippen molar-refractivity contribution in [1.82, 2.24) is 5.32 Å². The smallest absolute Gasteiger partial charge is 0.335 e. The Morgan fingerprint density at radius 3 is 2.17 bits per heavy atom. The molecule has 1 amide bonds. The molecule has 126 valence electrons. The fraction of sp³-hybridized carbons (Fsp3) is 0.263. The summed E-state index contributed by atoms with van der Waals surface area (Å²) in [5, 5.41) is 11.7. The first-order valence-corrected chi connectivity index (χ1v) is 7.72. The Balaban J connectivity index is 1.85. The first-order chi connectivity index (χ1) is 11.5. The Morgan fingerprint density at radius 2 is 1.62 bits per heavy atom. The molecule has 0 bridgehead atoms. The van der Waals surface area contributed by atoms with E-state index < -0.39 is 5.97 Å². The zero-order valence-electron chi connectivity index (χ0n) is 13.8. The summed E-state index contributed by atoms with van der Waals surface area (Å²) in [4.78, 5) is 23.0. The van der Waals surface area contributed by atoms with E-state index in [-0.39, 0.29) is 17.4 Å². The van der Waals surface area contributed by atoms with Gasteiger partial charge in [-0.2, -0.15) is 0 Å². The molecule has 0 spiro atoms. The minimum atomic E-state index is -0.960. The fourth-order valence-corrected chi connectivity index (χ4v) is 2.34. The van der Waals surface area contributed by atoms with Crippen LogP contribution in [0, 0.1) is 5.92 Å².